The molecule has 0 bridgehead atoms. The Bertz CT molecular complexity index is 590. The summed E-state index contributed by atoms with van der Waals surface area (Å²) in [6, 6.07) is 7.44. The molecule has 0 aromatic heterocycles. The average Bonchev–Trinajstić information content (AvgIpc) is 2.97. The molecule has 1 saturated carbocycles. The van der Waals surface area contributed by atoms with Crippen LogP contribution in [0.1, 0.15) is 24.8 Å². The Hall–Kier alpha value is -1.59. The van der Waals surface area contributed by atoms with E-state index in [0.29, 0.717) is 24.7 Å². The molecule has 1 aromatic rings. The van der Waals surface area contributed by atoms with Crippen LogP contribution in [-0.4, -0.2) is 47.3 Å². The molecular weight excluding hydrogens is 314 g/mol. The molecule has 1 aliphatic heterocycles. The lowest BCUT2D eigenvalue weighted by atomic mass is 10.0. The van der Waals surface area contributed by atoms with E-state index in [1.807, 2.05) is 24.3 Å². The molecule has 1 heterocycles. The summed E-state index contributed by atoms with van der Waals surface area (Å²) in [7, 11) is 0. The minimum Gasteiger partial charge on any atom is -0.335 e. The van der Waals surface area contributed by atoms with Crippen molar-refractivity contribution >= 4 is 23.4 Å². The highest BCUT2D eigenvalue weighted by Gasteiger charge is 2.36. The van der Waals surface area contributed by atoms with Crippen LogP contribution < -0.4 is 5.73 Å². The number of hydrogen-bond acceptors (Lipinski definition) is 3. The molecule has 6 heteroatoms. The van der Waals surface area contributed by atoms with Gasteiger partial charge in [0.15, 0.2) is 0 Å². The molecule has 1 saturated heterocycles. The Morgan fingerprint density at radius 2 is 1.96 bits per heavy atom. The van der Waals surface area contributed by atoms with Crippen molar-refractivity contribution < 1.29 is 9.59 Å². The van der Waals surface area contributed by atoms with Gasteiger partial charge < -0.3 is 15.5 Å². The summed E-state index contributed by atoms with van der Waals surface area (Å²) >= 11 is 5.88. The number of carbonyl (C=O) groups excluding carboxylic acids is 2. The fourth-order valence-corrected chi connectivity index (χ4v) is 3.53. The maximum absolute atomic E-state index is 12.5. The second-order valence-corrected chi connectivity index (χ2v) is 6.84. The first-order chi connectivity index (χ1) is 11.0. The van der Waals surface area contributed by atoms with Crippen LogP contribution >= 0.6 is 11.6 Å². The highest BCUT2D eigenvalue weighted by atomic mass is 35.5. The first kappa shape index (κ1) is 16.3. The molecule has 2 N–H and O–H groups in total. The summed E-state index contributed by atoms with van der Waals surface area (Å²) in [5.41, 5.74) is 7.05. The molecule has 1 aliphatic carbocycles. The summed E-state index contributed by atoms with van der Waals surface area (Å²) in [5.74, 6) is -0.0637. The number of nitrogens with zero attached hydrogens (tertiary/aromatic N) is 2. The van der Waals surface area contributed by atoms with Gasteiger partial charge in [0, 0.05) is 30.7 Å². The van der Waals surface area contributed by atoms with Crippen molar-refractivity contribution in [2.45, 2.75) is 31.8 Å². The molecule has 2 amide bonds. The van der Waals surface area contributed by atoms with Crippen molar-refractivity contribution in [2.75, 3.05) is 19.6 Å². The quantitative estimate of drug-likeness (QED) is 0.913. The summed E-state index contributed by atoms with van der Waals surface area (Å²) < 4.78 is 0. The number of amides is 2. The van der Waals surface area contributed by atoms with Gasteiger partial charge in [-0.05, 0) is 30.5 Å². The van der Waals surface area contributed by atoms with Gasteiger partial charge in [0.1, 0.15) is 0 Å². The first-order valence-corrected chi connectivity index (χ1v) is 8.49. The smallest absolute Gasteiger partial charge is 0.242 e. The zero-order valence-electron chi connectivity index (χ0n) is 13.1. The minimum atomic E-state index is -0.106. The van der Waals surface area contributed by atoms with E-state index in [-0.39, 0.29) is 30.3 Å². The minimum absolute atomic E-state index is 0.00822. The summed E-state index contributed by atoms with van der Waals surface area (Å²) in [6.45, 7) is 1.87. The van der Waals surface area contributed by atoms with E-state index in [1.165, 1.54) is 0 Å². The summed E-state index contributed by atoms with van der Waals surface area (Å²) in [5, 5.41) is 0.684. The third-order valence-corrected chi connectivity index (χ3v) is 5.06. The lowest BCUT2D eigenvalue weighted by Gasteiger charge is -2.36. The van der Waals surface area contributed by atoms with Gasteiger partial charge >= 0.3 is 0 Å². The molecule has 23 heavy (non-hydrogen) atoms. The predicted octanol–water partition coefficient (Wildman–Crippen LogP) is 1.64. The van der Waals surface area contributed by atoms with Gasteiger partial charge in [-0.3, -0.25) is 9.59 Å². The predicted molar refractivity (Wildman–Crippen MR) is 88.8 cm³/mol. The maximum Gasteiger partial charge on any atom is 0.242 e. The summed E-state index contributed by atoms with van der Waals surface area (Å²) in [4.78, 5) is 28.3. The lowest BCUT2D eigenvalue weighted by molar-refractivity contribution is -0.148. The Kier molecular flexibility index (Phi) is 4.87. The van der Waals surface area contributed by atoms with Crippen LogP contribution in [0.3, 0.4) is 0 Å². The van der Waals surface area contributed by atoms with Crippen molar-refractivity contribution in [1.29, 1.82) is 0 Å². The van der Waals surface area contributed by atoms with Crippen molar-refractivity contribution in [3.8, 4) is 0 Å². The zero-order valence-corrected chi connectivity index (χ0v) is 13.8. The number of hydrogen-bond donors (Lipinski definition) is 1. The molecule has 2 fully saturated rings. The zero-order chi connectivity index (χ0) is 16.4. The van der Waals surface area contributed by atoms with Crippen LogP contribution in [0, 0.1) is 5.92 Å². The molecular formula is C17H22ClN3O2. The topological polar surface area (TPSA) is 66.6 Å². The molecule has 1 aromatic carbocycles. The standard InChI is InChI=1S/C17H22ClN3O2/c18-13-6-4-12(5-7-13)10-20-8-9-21(11-16(20)22)17(23)14-2-1-3-15(14)19/h4-7,14-15H,1-3,8-11,19H2/t14-,15-/m1/s1. The van der Waals surface area contributed by atoms with Gasteiger partial charge in [-0.15, -0.1) is 0 Å². The van der Waals surface area contributed by atoms with Gasteiger partial charge in [0.2, 0.25) is 11.8 Å². The highest BCUT2D eigenvalue weighted by molar-refractivity contribution is 6.30. The van der Waals surface area contributed by atoms with E-state index in [2.05, 4.69) is 0 Å². The SMILES string of the molecule is N[C@@H]1CCC[C@H]1C(=O)N1CCN(Cc2ccc(Cl)cc2)C(=O)C1. The largest absolute Gasteiger partial charge is 0.335 e. The van der Waals surface area contributed by atoms with Gasteiger partial charge in [-0.1, -0.05) is 30.2 Å². The van der Waals surface area contributed by atoms with Crippen molar-refractivity contribution in [3.63, 3.8) is 0 Å². The molecule has 3 rings (SSSR count). The Morgan fingerprint density at radius 1 is 1.22 bits per heavy atom. The van der Waals surface area contributed by atoms with Crippen molar-refractivity contribution in [2.24, 2.45) is 11.7 Å². The first-order valence-electron chi connectivity index (χ1n) is 8.11. The molecule has 5 nitrogen and oxygen atoms in total. The fourth-order valence-electron chi connectivity index (χ4n) is 3.40. The monoisotopic (exact) mass is 335 g/mol. The van der Waals surface area contributed by atoms with Crippen LogP contribution in [0.5, 0.6) is 0 Å². The van der Waals surface area contributed by atoms with E-state index in [1.54, 1.807) is 9.80 Å². The molecule has 0 spiro atoms. The number of benzene rings is 1. The average molecular weight is 336 g/mol. The van der Waals surface area contributed by atoms with E-state index in [0.717, 1.165) is 24.8 Å². The van der Waals surface area contributed by atoms with Gasteiger partial charge in [-0.25, -0.2) is 0 Å². The molecule has 0 unspecified atom stereocenters. The molecule has 2 aliphatic rings. The number of halogens is 1. The Labute approximate surface area is 141 Å². The van der Waals surface area contributed by atoms with Crippen LogP contribution in [0.4, 0.5) is 0 Å². The number of piperazine rings is 1. The number of carbonyl (C=O) groups is 2. The van der Waals surface area contributed by atoms with Gasteiger partial charge in [0.05, 0.1) is 12.5 Å². The van der Waals surface area contributed by atoms with E-state index in [4.69, 9.17) is 17.3 Å². The van der Waals surface area contributed by atoms with E-state index in [9.17, 15) is 9.59 Å². The normalized spacial score (nSPS) is 25.0. The third kappa shape index (κ3) is 3.67. The van der Waals surface area contributed by atoms with Crippen molar-refractivity contribution in [3.05, 3.63) is 34.9 Å². The maximum atomic E-state index is 12.5. The van der Waals surface area contributed by atoms with Gasteiger partial charge in [0.25, 0.3) is 0 Å². The van der Waals surface area contributed by atoms with Crippen LogP contribution in [0.25, 0.3) is 0 Å². The van der Waals surface area contributed by atoms with E-state index >= 15 is 0 Å². The van der Waals surface area contributed by atoms with E-state index < -0.39 is 0 Å². The summed E-state index contributed by atoms with van der Waals surface area (Å²) in [6.07, 6.45) is 2.75. The van der Waals surface area contributed by atoms with Crippen LogP contribution in [0.2, 0.25) is 5.02 Å². The Balaban J connectivity index is 1.57. The third-order valence-electron chi connectivity index (χ3n) is 4.80. The Morgan fingerprint density at radius 3 is 2.57 bits per heavy atom. The molecule has 0 radical (unpaired) electrons. The lowest BCUT2D eigenvalue weighted by Crippen LogP contribution is -2.54. The number of nitrogens with two attached hydrogens (primary N) is 1. The second kappa shape index (κ2) is 6.89. The fraction of sp³-hybridized carbons (Fsp3) is 0.529. The molecule has 2 atom stereocenters. The molecule has 124 valence electrons. The van der Waals surface area contributed by atoms with Crippen LogP contribution in [0.15, 0.2) is 24.3 Å². The van der Waals surface area contributed by atoms with Crippen LogP contribution in [-0.2, 0) is 16.1 Å². The highest BCUT2D eigenvalue weighted by Crippen LogP contribution is 2.26. The van der Waals surface area contributed by atoms with Crippen molar-refractivity contribution in [1.82, 2.24) is 9.80 Å². The van der Waals surface area contributed by atoms with Gasteiger partial charge in [-0.2, -0.15) is 0 Å². The second-order valence-electron chi connectivity index (χ2n) is 6.40. The number of rotatable bonds is 3.